The van der Waals surface area contributed by atoms with E-state index in [1.807, 2.05) is 23.7 Å². The van der Waals surface area contributed by atoms with Crippen molar-refractivity contribution in [2.24, 2.45) is 5.73 Å². The van der Waals surface area contributed by atoms with Crippen molar-refractivity contribution in [2.45, 2.75) is 40.3 Å². The van der Waals surface area contributed by atoms with Gasteiger partial charge >= 0.3 is 0 Å². The van der Waals surface area contributed by atoms with E-state index in [0.29, 0.717) is 0 Å². The molecular weight excluding hydrogens is 250 g/mol. The molecule has 2 rings (SSSR count). The summed E-state index contributed by atoms with van der Waals surface area (Å²) in [7, 11) is 1.69. The topological polar surface area (TPSA) is 53.1 Å². The maximum atomic E-state index is 6.46. The van der Waals surface area contributed by atoms with Crippen LogP contribution in [0.2, 0.25) is 0 Å². The molecule has 0 aliphatic heterocycles. The van der Waals surface area contributed by atoms with E-state index < -0.39 is 0 Å². The van der Waals surface area contributed by atoms with Gasteiger partial charge in [0.05, 0.1) is 24.5 Å². The van der Waals surface area contributed by atoms with Gasteiger partial charge < -0.3 is 10.5 Å². The molecule has 20 heavy (non-hydrogen) atoms. The highest BCUT2D eigenvalue weighted by atomic mass is 16.5. The van der Waals surface area contributed by atoms with Crippen molar-refractivity contribution in [2.75, 3.05) is 7.11 Å². The van der Waals surface area contributed by atoms with Crippen molar-refractivity contribution in [3.8, 4) is 5.75 Å². The lowest BCUT2D eigenvalue weighted by atomic mass is 9.97. The van der Waals surface area contributed by atoms with Gasteiger partial charge in [-0.05, 0) is 44.9 Å². The zero-order valence-corrected chi connectivity index (χ0v) is 12.9. The lowest BCUT2D eigenvalue weighted by Gasteiger charge is -2.19. The molecule has 0 spiro atoms. The quantitative estimate of drug-likeness (QED) is 0.932. The molecule has 0 radical (unpaired) electrons. The minimum Gasteiger partial charge on any atom is -0.496 e. The highest BCUT2D eigenvalue weighted by Gasteiger charge is 2.20. The lowest BCUT2D eigenvalue weighted by molar-refractivity contribution is 0.403. The summed E-state index contributed by atoms with van der Waals surface area (Å²) in [4.78, 5) is 0. The number of nitrogens with two attached hydrogens (primary N) is 1. The van der Waals surface area contributed by atoms with E-state index in [1.54, 1.807) is 7.11 Å². The third kappa shape index (κ3) is 2.43. The third-order valence-electron chi connectivity index (χ3n) is 3.80. The Morgan fingerprint density at radius 3 is 2.60 bits per heavy atom. The van der Waals surface area contributed by atoms with Gasteiger partial charge in [-0.15, -0.1) is 0 Å². The van der Waals surface area contributed by atoms with Gasteiger partial charge in [0, 0.05) is 12.1 Å². The summed E-state index contributed by atoms with van der Waals surface area (Å²) in [5, 5.41) is 4.47. The molecule has 0 saturated heterocycles. The summed E-state index contributed by atoms with van der Waals surface area (Å²) in [6.07, 6.45) is 0. The fraction of sp³-hybridized carbons (Fsp3) is 0.438. The molecule has 1 unspecified atom stereocenters. The average molecular weight is 273 g/mol. The van der Waals surface area contributed by atoms with Crippen LogP contribution < -0.4 is 10.5 Å². The normalized spacial score (nSPS) is 12.5. The van der Waals surface area contributed by atoms with Crippen LogP contribution in [0.15, 0.2) is 18.2 Å². The van der Waals surface area contributed by atoms with E-state index in [-0.39, 0.29) is 6.04 Å². The summed E-state index contributed by atoms with van der Waals surface area (Å²) in [6.45, 7) is 9.00. The van der Waals surface area contributed by atoms with Crippen LogP contribution >= 0.6 is 0 Å². The Labute approximate surface area is 120 Å². The van der Waals surface area contributed by atoms with Crippen LogP contribution in [0.1, 0.15) is 41.0 Å². The van der Waals surface area contributed by atoms with Crippen molar-refractivity contribution >= 4 is 0 Å². The second-order valence-corrected chi connectivity index (χ2v) is 5.13. The molecule has 0 aliphatic carbocycles. The van der Waals surface area contributed by atoms with Crippen molar-refractivity contribution < 1.29 is 4.74 Å². The number of aryl methyl sites for hydroxylation is 3. The molecule has 0 amide bonds. The maximum absolute atomic E-state index is 6.46. The summed E-state index contributed by atoms with van der Waals surface area (Å²) in [5.74, 6) is 0.874. The molecule has 0 fully saturated rings. The first kappa shape index (κ1) is 14.6. The van der Waals surface area contributed by atoms with Gasteiger partial charge in [0.1, 0.15) is 5.75 Å². The van der Waals surface area contributed by atoms with Crippen molar-refractivity contribution in [1.29, 1.82) is 0 Å². The monoisotopic (exact) mass is 273 g/mol. The number of methoxy groups -OCH3 is 1. The second-order valence-electron chi connectivity index (χ2n) is 5.13. The summed E-state index contributed by atoms with van der Waals surface area (Å²) >= 11 is 0. The second kappa shape index (κ2) is 5.67. The lowest BCUT2D eigenvalue weighted by Crippen LogP contribution is -2.18. The van der Waals surface area contributed by atoms with E-state index in [0.717, 1.165) is 34.8 Å². The maximum Gasteiger partial charge on any atom is 0.127 e. The Morgan fingerprint density at radius 1 is 1.30 bits per heavy atom. The fourth-order valence-corrected chi connectivity index (χ4v) is 2.56. The van der Waals surface area contributed by atoms with E-state index in [2.05, 4.69) is 31.9 Å². The Morgan fingerprint density at radius 2 is 2.00 bits per heavy atom. The molecule has 2 N–H and O–H groups in total. The van der Waals surface area contributed by atoms with Crippen LogP contribution in [0.4, 0.5) is 0 Å². The van der Waals surface area contributed by atoms with Gasteiger partial charge in [0.2, 0.25) is 0 Å². The molecule has 0 bridgehead atoms. The standard InChI is InChI=1S/C16H23N3O/c1-6-19-14(9-11(3)18-19)15(17)13-8-7-10(2)12(4)16(13)20-5/h7-9,15H,6,17H2,1-5H3. The number of benzene rings is 1. The first-order valence-corrected chi connectivity index (χ1v) is 6.93. The number of nitrogens with zero attached hydrogens (tertiary/aromatic N) is 2. The summed E-state index contributed by atoms with van der Waals surface area (Å²) in [5.41, 5.74) is 11.8. The number of hydrogen-bond acceptors (Lipinski definition) is 3. The van der Waals surface area contributed by atoms with Gasteiger partial charge in [-0.2, -0.15) is 5.10 Å². The molecule has 4 nitrogen and oxygen atoms in total. The van der Waals surface area contributed by atoms with Crippen molar-refractivity contribution in [1.82, 2.24) is 9.78 Å². The van der Waals surface area contributed by atoms with Gasteiger partial charge in [-0.1, -0.05) is 12.1 Å². The minimum atomic E-state index is -0.231. The average Bonchev–Trinajstić information content (AvgIpc) is 2.82. The molecule has 1 atom stereocenters. The van der Waals surface area contributed by atoms with Gasteiger partial charge in [-0.25, -0.2) is 0 Å². The van der Waals surface area contributed by atoms with Gasteiger partial charge in [0.15, 0.2) is 0 Å². The van der Waals surface area contributed by atoms with Crippen LogP contribution in [0.5, 0.6) is 5.75 Å². The molecule has 1 aromatic heterocycles. The Balaban J connectivity index is 2.53. The number of hydrogen-bond donors (Lipinski definition) is 1. The van der Waals surface area contributed by atoms with Crippen molar-refractivity contribution in [3.63, 3.8) is 0 Å². The summed E-state index contributed by atoms with van der Waals surface area (Å²) in [6, 6.07) is 5.95. The molecule has 2 aromatic rings. The van der Waals surface area contributed by atoms with E-state index in [4.69, 9.17) is 10.5 Å². The molecule has 0 saturated carbocycles. The van der Waals surface area contributed by atoms with Crippen LogP contribution in [0, 0.1) is 20.8 Å². The van der Waals surface area contributed by atoms with E-state index in [1.165, 1.54) is 5.56 Å². The minimum absolute atomic E-state index is 0.231. The van der Waals surface area contributed by atoms with E-state index in [9.17, 15) is 0 Å². The Kier molecular flexibility index (Phi) is 4.14. The fourth-order valence-electron chi connectivity index (χ4n) is 2.56. The SMILES string of the molecule is CCn1nc(C)cc1C(N)c1ccc(C)c(C)c1OC. The van der Waals surface area contributed by atoms with Crippen LogP contribution in [0.3, 0.4) is 0 Å². The number of rotatable bonds is 4. The Hall–Kier alpha value is -1.81. The zero-order valence-electron chi connectivity index (χ0n) is 12.9. The first-order valence-electron chi connectivity index (χ1n) is 6.93. The molecule has 108 valence electrons. The van der Waals surface area contributed by atoms with E-state index >= 15 is 0 Å². The predicted molar refractivity (Wildman–Crippen MR) is 81.1 cm³/mol. The first-order chi connectivity index (χ1) is 9.49. The molecule has 1 heterocycles. The molecular formula is C16H23N3O. The highest BCUT2D eigenvalue weighted by molar-refractivity contribution is 5.48. The smallest absolute Gasteiger partial charge is 0.127 e. The molecule has 4 heteroatoms. The largest absolute Gasteiger partial charge is 0.496 e. The number of ether oxygens (including phenoxy) is 1. The van der Waals surface area contributed by atoms with Gasteiger partial charge in [0.25, 0.3) is 0 Å². The van der Waals surface area contributed by atoms with Crippen molar-refractivity contribution in [3.05, 3.63) is 46.3 Å². The number of aromatic nitrogens is 2. The Bertz CT molecular complexity index is 616. The van der Waals surface area contributed by atoms with Crippen LogP contribution in [0.25, 0.3) is 0 Å². The van der Waals surface area contributed by atoms with Crippen LogP contribution in [-0.4, -0.2) is 16.9 Å². The molecule has 0 aliphatic rings. The molecule has 1 aromatic carbocycles. The highest BCUT2D eigenvalue weighted by Crippen LogP contribution is 2.33. The van der Waals surface area contributed by atoms with Gasteiger partial charge in [-0.3, -0.25) is 4.68 Å². The van der Waals surface area contributed by atoms with Crippen LogP contribution in [-0.2, 0) is 6.54 Å². The zero-order chi connectivity index (χ0) is 14.9. The third-order valence-corrected chi connectivity index (χ3v) is 3.80. The summed E-state index contributed by atoms with van der Waals surface area (Å²) < 4.78 is 7.52. The predicted octanol–water partition coefficient (Wildman–Crippen LogP) is 2.88.